The minimum atomic E-state index is -4.91. The van der Waals surface area contributed by atoms with Crippen LogP contribution in [0, 0.1) is 5.82 Å². The summed E-state index contributed by atoms with van der Waals surface area (Å²) in [7, 11) is 0. The van der Waals surface area contributed by atoms with E-state index >= 15 is 0 Å². The Labute approximate surface area is 117 Å². The molecule has 2 nitrogen and oxygen atoms in total. The Kier molecular flexibility index (Phi) is 4.77. The molecule has 1 fully saturated rings. The summed E-state index contributed by atoms with van der Waals surface area (Å²) in [4.78, 5) is 1.31. The van der Waals surface area contributed by atoms with Crippen molar-refractivity contribution in [2.45, 2.75) is 18.6 Å². The van der Waals surface area contributed by atoms with Gasteiger partial charge in [0.05, 0.1) is 11.6 Å². The zero-order valence-electron chi connectivity index (χ0n) is 10.9. The predicted octanol–water partition coefficient (Wildman–Crippen LogP) is 3.06. The molecule has 0 spiro atoms. The Balaban J connectivity index is 2.41. The highest BCUT2D eigenvalue weighted by Gasteiger charge is 2.38. The Bertz CT molecular complexity index is 482. The van der Waals surface area contributed by atoms with Crippen LogP contribution in [0.15, 0.2) is 18.2 Å². The second-order valence-corrected chi connectivity index (χ2v) is 4.77. The maximum atomic E-state index is 14.0. The van der Waals surface area contributed by atoms with Gasteiger partial charge >= 0.3 is 6.18 Å². The number of nitrogens with one attached hydrogen (secondary N) is 1. The summed E-state index contributed by atoms with van der Waals surface area (Å²) in [5.41, 5.74) is -2.12. The lowest BCUT2D eigenvalue weighted by atomic mass is 10.0. The van der Waals surface area contributed by atoms with Gasteiger partial charge in [0.1, 0.15) is 5.82 Å². The van der Waals surface area contributed by atoms with E-state index in [4.69, 9.17) is 0 Å². The first-order valence-electron chi connectivity index (χ1n) is 6.41. The van der Waals surface area contributed by atoms with Gasteiger partial charge in [0.25, 0.3) is 6.43 Å². The average molecular weight is 312 g/mol. The third-order valence-corrected chi connectivity index (χ3v) is 3.44. The molecule has 1 atom stereocenters. The second-order valence-electron chi connectivity index (χ2n) is 4.77. The number of benzene rings is 1. The van der Waals surface area contributed by atoms with Crippen molar-refractivity contribution < 1.29 is 26.3 Å². The van der Waals surface area contributed by atoms with Crippen LogP contribution in [-0.4, -0.2) is 37.5 Å². The van der Waals surface area contributed by atoms with E-state index in [1.54, 1.807) is 0 Å². The molecule has 0 aliphatic carbocycles. The van der Waals surface area contributed by atoms with Gasteiger partial charge in [-0.05, 0) is 6.07 Å². The molecule has 2 rings (SSSR count). The van der Waals surface area contributed by atoms with E-state index in [1.807, 2.05) is 0 Å². The fraction of sp³-hybridized carbons (Fsp3) is 0.538. The van der Waals surface area contributed by atoms with Gasteiger partial charge in [-0.2, -0.15) is 13.2 Å². The monoisotopic (exact) mass is 312 g/mol. The van der Waals surface area contributed by atoms with Gasteiger partial charge in [-0.1, -0.05) is 12.1 Å². The van der Waals surface area contributed by atoms with Crippen molar-refractivity contribution in [1.29, 1.82) is 0 Å². The molecule has 1 heterocycles. The zero-order valence-corrected chi connectivity index (χ0v) is 10.9. The number of hydrogen-bond acceptors (Lipinski definition) is 2. The SMILES string of the molecule is Fc1c([C@H](C(F)F)N2CCNCC2)cccc1C(F)(F)F. The zero-order chi connectivity index (χ0) is 15.6. The molecule has 21 heavy (non-hydrogen) atoms. The van der Waals surface area contributed by atoms with Crippen LogP contribution < -0.4 is 5.32 Å². The van der Waals surface area contributed by atoms with Gasteiger partial charge < -0.3 is 5.32 Å². The van der Waals surface area contributed by atoms with Crippen LogP contribution in [0.25, 0.3) is 0 Å². The predicted molar refractivity (Wildman–Crippen MR) is 64.6 cm³/mol. The van der Waals surface area contributed by atoms with E-state index in [-0.39, 0.29) is 13.1 Å². The second kappa shape index (κ2) is 6.23. The fourth-order valence-corrected chi connectivity index (χ4v) is 2.45. The highest BCUT2D eigenvalue weighted by Crippen LogP contribution is 2.37. The van der Waals surface area contributed by atoms with Crippen LogP contribution in [0.5, 0.6) is 0 Å². The van der Waals surface area contributed by atoms with Crippen molar-refractivity contribution in [3.05, 3.63) is 35.1 Å². The number of hydrogen-bond donors (Lipinski definition) is 1. The van der Waals surface area contributed by atoms with E-state index < -0.39 is 35.6 Å². The number of rotatable bonds is 3. The summed E-state index contributed by atoms with van der Waals surface area (Å²) in [6, 6.07) is 0.830. The lowest BCUT2D eigenvalue weighted by Crippen LogP contribution is -2.47. The van der Waals surface area contributed by atoms with E-state index in [0.717, 1.165) is 12.1 Å². The van der Waals surface area contributed by atoms with Crippen molar-refractivity contribution in [2.24, 2.45) is 0 Å². The smallest absolute Gasteiger partial charge is 0.314 e. The van der Waals surface area contributed by atoms with Gasteiger partial charge in [0, 0.05) is 31.7 Å². The van der Waals surface area contributed by atoms with Gasteiger partial charge in [-0.3, -0.25) is 4.90 Å². The third-order valence-electron chi connectivity index (χ3n) is 3.44. The summed E-state index contributed by atoms with van der Waals surface area (Å²) in [6.07, 6.45) is -7.88. The third kappa shape index (κ3) is 3.49. The Morgan fingerprint density at radius 1 is 1.10 bits per heavy atom. The maximum absolute atomic E-state index is 14.0. The minimum Gasteiger partial charge on any atom is -0.314 e. The quantitative estimate of drug-likeness (QED) is 0.863. The van der Waals surface area contributed by atoms with Crippen LogP contribution in [-0.2, 0) is 6.18 Å². The molecular formula is C13H14F6N2. The van der Waals surface area contributed by atoms with E-state index in [9.17, 15) is 26.3 Å². The summed E-state index contributed by atoms with van der Waals surface area (Å²) in [5, 5.41) is 2.95. The first kappa shape index (κ1) is 16.1. The molecule has 1 aliphatic rings. The standard InChI is InChI=1S/C13H14F6N2/c14-10-8(2-1-3-9(10)13(17,18)19)11(12(15)16)21-6-4-20-5-7-21/h1-3,11-12,20H,4-7H2/t11-/m1/s1. The Morgan fingerprint density at radius 2 is 1.71 bits per heavy atom. The Hall–Kier alpha value is -1.28. The fourth-order valence-electron chi connectivity index (χ4n) is 2.45. The highest BCUT2D eigenvalue weighted by molar-refractivity contribution is 5.31. The molecule has 1 aliphatic heterocycles. The topological polar surface area (TPSA) is 15.3 Å². The molecule has 0 unspecified atom stereocenters. The summed E-state index contributed by atoms with van der Waals surface area (Å²) < 4.78 is 78.6. The van der Waals surface area contributed by atoms with Gasteiger partial charge in [-0.25, -0.2) is 13.2 Å². The molecule has 1 N–H and O–H groups in total. The molecule has 0 radical (unpaired) electrons. The van der Waals surface area contributed by atoms with Crippen molar-refractivity contribution in [3.8, 4) is 0 Å². The maximum Gasteiger partial charge on any atom is 0.419 e. The average Bonchev–Trinajstić information content (AvgIpc) is 2.40. The van der Waals surface area contributed by atoms with Crippen molar-refractivity contribution in [2.75, 3.05) is 26.2 Å². The highest BCUT2D eigenvalue weighted by atomic mass is 19.4. The van der Waals surface area contributed by atoms with Gasteiger partial charge in [0.2, 0.25) is 0 Å². The van der Waals surface area contributed by atoms with E-state index in [1.165, 1.54) is 4.90 Å². The van der Waals surface area contributed by atoms with Gasteiger partial charge in [0.15, 0.2) is 0 Å². The molecule has 0 aromatic heterocycles. The molecular weight excluding hydrogens is 298 g/mol. The van der Waals surface area contributed by atoms with E-state index in [2.05, 4.69) is 5.32 Å². The molecule has 1 aromatic carbocycles. The van der Waals surface area contributed by atoms with Crippen LogP contribution in [0.4, 0.5) is 26.3 Å². The minimum absolute atomic E-state index is 0.227. The summed E-state index contributed by atoms with van der Waals surface area (Å²) in [5.74, 6) is -1.62. The van der Waals surface area contributed by atoms with Crippen LogP contribution in [0.2, 0.25) is 0 Å². The molecule has 1 aromatic rings. The molecule has 118 valence electrons. The number of piperazine rings is 1. The van der Waals surface area contributed by atoms with Gasteiger partial charge in [-0.15, -0.1) is 0 Å². The van der Waals surface area contributed by atoms with E-state index in [0.29, 0.717) is 19.2 Å². The molecule has 0 bridgehead atoms. The van der Waals surface area contributed by atoms with Crippen molar-refractivity contribution in [1.82, 2.24) is 10.2 Å². The van der Waals surface area contributed by atoms with Crippen LogP contribution in [0.1, 0.15) is 17.2 Å². The number of halogens is 6. The number of alkyl halides is 5. The van der Waals surface area contributed by atoms with Crippen molar-refractivity contribution in [3.63, 3.8) is 0 Å². The first-order valence-corrected chi connectivity index (χ1v) is 6.41. The Morgan fingerprint density at radius 3 is 2.24 bits per heavy atom. The van der Waals surface area contributed by atoms with Crippen molar-refractivity contribution >= 4 is 0 Å². The van der Waals surface area contributed by atoms with Crippen LogP contribution in [0.3, 0.4) is 0 Å². The number of nitrogens with zero attached hydrogens (tertiary/aromatic N) is 1. The lowest BCUT2D eigenvalue weighted by Gasteiger charge is -2.35. The first-order chi connectivity index (χ1) is 9.82. The van der Waals surface area contributed by atoms with Crippen LogP contribution >= 0.6 is 0 Å². The molecule has 1 saturated heterocycles. The summed E-state index contributed by atoms with van der Waals surface area (Å²) in [6.45, 7) is 1.32. The molecule has 0 saturated carbocycles. The summed E-state index contributed by atoms with van der Waals surface area (Å²) >= 11 is 0. The molecule has 0 amide bonds. The lowest BCUT2D eigenvalue weighted by molar-refractivity contribution is -0.140. The normalized spacial score (nSPS) is 19.0. The molecule has 8 heteroatoms. The largest absolute Gasteiger partial charge is 0.419 e.